The van der Waals surface area contributed by atoms with Gasteiger partial charge in [0.05, 0.1) is 7.11 Å². The third-order valence-electron chi connectivity index (χ3n) is 7.76. The van der Waals surface area contributed by atoms with Gasteiger partial charge in [-0.2, -0.15) is 5.21 Å². The van der Waals surface area contributed by atoms with Gasteiger partial charge in [0.15, 0.2) is 11.2 Å². The lowest BCUT2D eigenvalue weighted by molar-refractivity contribution is -0.141. The molecule has 6 rings (SSSR count). The van der Waals surface area contributed by atoms with Crippen LogP contribution in [0.4, 0.5) is 0 Å². The number of nitrogens with zero attached hydrogens (tertiary/aromatic N) is 7. The van der Waals surface area contributed by atoms with Crippen LogP contribution >= 0.6 is 0 Å². The van der Waals surface area contributed by atoms with E-state index in [1.54, 1.807) is 0 Å². The van der Waals surface area contributed by atoms with Gasteiger partial charge in [-0.3, -0.25) is 14.2 Å². The predicted molar refractivity (Wildman–Crippen MR) is 169 cm³/mol. The highest BCUT2D eigenvalue weighted by molar-refractivity contribution is 5.80. The standard InChI is InChI=1S/C33H32N8O4/c1-21(2)30-34-31-28(32(43)41(20-27(42)45-3)33(44)39(31)18-17-22-9-5-4-6-10-22)40(30)19-23-13-15-24(16-14-23)25-11-7-8-12-26(25)29-35-37-38-36-29/h4-16,21H,17-20H2,1-3H3,(H,35,36,37,38). The zero-order chi connectivity index (χ0) is 31.5. The second-order valence-electron chi connectivity index (χ2n) is 11.0. The fourth-order valence-electron chi connectivity index (χ4n) is 5.51. The Morgan fingerprint density at radius 1 is 0.867 bits per heavy atom. The first kappa shape index (κ1) is 29.4. The number of aromatic nitrogens is 8. The van der Waals surface area contributed by atoms with E-state index in [1.807, 2.05) is 97.3 Å². The number of fused-ring (bicyclic) bond motifs is 1. The molecule has 0 fully saturated rings. The highest BCUT2D eigenvalue weighted by atomic mass is 16.5. The first-order valence-electron chi connectivity index (χ1n) is 14.6. The van der Waals surface area contributed by atoms with Crippen LogP contribution in [0.1, 0.15) is 36.7 Å². The van der Waals surface area contributed by atoms with E-state index < -0.39 is 23.8 Å². The maximum Gasteiger partial charge on any atom is 0.333 e. The number of H-pyrrole nitrogens is 1. The zero-order valence-corrected chi connectivity index (χ0v) is 25.2. The third kappa shape index (κ3) is 5.81. The van der Waals surface area contributed by atoms with Crippen LogP contribution in [0.25, 0.3) is 33.7 Å². The maximum absolute atomic E-state index is 13.9. The molecule has 0 saturated carbocycles. The fourth-order valence-corrected chi connectivity index (χ4v) is 5.51. The summed E-state index contributed by atoms with van der Waals surface area (Å²) in [5, 5.41) is 14.5. The molecule has 1 N–H and O–H groups in total. The number of hydrogen-bond donors (Lipinski definition) is 1. The van der Waals surface area contributed by atoms with Crippen molar-refractivity contribution >= 4 is 17.1 Å². The highest BCUT2D eigenvalue weighted by Gasteiger charge is 2.24. The maximum atomic E-state index is 13.9. The number of methoxy groups -OCH3 is 1. The van der Waals surface area contributed by atoms with Crippen LogP contribution in [-0.2, 0) is 35.6 Å². The quantitative estimate of drug-likeness (QED) is 0.233. The molecule has 3 heterocycles. The van der Waals surface area contributed by atoms with Crippen molar-refractivity contribution in [1.82, 2.24) is 39.3 Å². The van der Waals surface area contributed by atoms with Crippen molar-refractivity contribution in [2.24, 2.45) is 0 Å². The SMILES string of the molecule is COC(=O)Cn1c(=O)c2c(nc(C(C)C)n2Cc2ccc(-c3ccccc3-c3nn[nH]n3)cc2)n(CCc2ccccc2)c1=O. The van der Waals surface area contributed by atoms with E-state index in [9.17, 15) is 14.4 Å². The number of benzene rings is 3. The van der Waals surface area contributed by atoms with Gasteiger partial charge in [-0.1, -0.05) is 92.7 Å². The molecule has 45 heavy (non-hydrogen) atoms. The molecule has 0 unspecified atom stereocenters. The topological polar surface area (TPSA) is 143 Å². The molecule has 0 atom stereocenters. The van der Waals surface area contributed by atoms with Gasteiger partial charge in [0.2, 0.25) is 5.82 Å². The monoisotopic (exact) mass is 604 g/mol. The first-order valence-corrected chi connectivity index (χ1v) is 14.6. The third-order valence-corrected chi connectivity index (χ3v) is 7.76. The summed E-state index contributed by atoms with van der Waals surface area (Å²) in [5.74, 6) is 0.430. The Hall–Kier alpha value is -5.65. The first-order chi connectivity index (χ1) is 21.9. The number of nitrogens with one attached hydrogen (secondary N) is 1. The summed E-state index contributed by atoms with van der Waals surface area (Å²) in [7, 11) is 1.23. The molecule has 12 heteroatoms. The van der Waals surface area contributed by atoms with Gasteiger partial charge < -0.3 is 9.30 Å². The largest absolute Gasteiger partial charge is 0.468 e. The van der Waals surface area contributed by atoms with Crippen LogP contribution in [0.2, 0.25) is 0 Å². The van der Waals surface area contributed by atoms with Crippen molar-refractivity contribution in [2.75, 3.05) is 7.11 Å². The number of hydrogen-bond acceptors (Lipinski definition) is 8. The van der Waals surface area contributed by atoms with Gasteiger partial charge in [-0.25, -0.2) is 14.3 Å². The molecule has 0 spiro atoms. The van der Waals surface area contributed by atoms with E-state index in [0.717, 1.165) is 32.4 Å². The summed E-state index contributed by atoms with van der Waals surface area (Å²) in [6.07, 6.45) is 0.545. The van der Waals surface area contributed by atoms with Crippen LogP contribution in [0.3, 0.4) is 0 Å². The molecule has 12 nitrogen and oxygen atoms in total. The minimum Gasteiger partial charge on any atom is -0.468 e. The van der Waals surface area contributed by atoms with E-state index in [1.165, 1.54) is 11.7 Å². The molecule has 6 aromatic rings. The van der Waals surface area contributed by atoms with Gasteiger partial charge in [0.1, 0.15) is 12.4 Å². The predicted octanol–water partition coefficient (Wildman–Crippen LogP) is 3.79. The molecule has 0 aliphatic carbocycles. The summed E-state index contributed by atoms with van der Waals surface area (Å²) in [5.41, 5.74) is 4.12. The van der Waals surface area contributed by atoms with E-state index in [-0.39, 0.29) is 18.0 Å². The number of imidazole rings is 1. The van der Waals surface area contributed by atoms with Crippen LogP contribution in [0, 0.1) is 0 Å². The van der Waals surface area contributed by atoms with Crippen LogP contribution in [0.15, 0.2) is 88.5 Å². The number of ether oxygens (including phenoxy) is 1. The van der Waals surface area contributed by atoms with Crippen molar-refractivity contribution in [2.45, 2.75) is 45.8 Å². The summed E-state index contributed by atoms with van der Waals surface area (Å²) in [4.78, 5) is 44.7. The normalized spacial score (nSPS) is 11.4. The summed E-state index contributed by atoms with van der Waals surface area (Å²) >= 11 is 0. The molecule has 0 radical (unpaired) electrons. The molecular formula is C33H32N8O4. The van der Waals surface area contributed by atoms with Crippen molar-refractivity contribution in [3.63, 3.8) is 0 Å². The molecule has 228 valence electrons. The molecule has 0 aliphatic rings. The smallest absolute Gasteiger partial charge is 0.333 e. The van der Waals surface area contributed by atoms with Crippen LogP contribution in [-0.4, -0.2) is 52.4 Å². The van der Waals surface area contributed by atoms with E-state index >= 15 is 0 Å². The number of tetrazole rings is 1. The number of esters is 1. The van der Waals surface area contributed by atoms with Gasteiger partial charge in [0, 0.05) is 24.6 Å². The van der Waals surface area contributed by atoms with E-state index in [4.69, 9.17) is 9.72 Å². The molecule has 0 saturated heterocycles. The second kappa shape index (κ2) is 12.5. The Labute approximate surface area is 257 Å². The lowest BCUT2D eigenvalue weighted by atomic mass is 9.98. The van der Waals surface area contributed by atoms with Crippen molar-refractivity contribution in [1.29, 1.82) is 0 Å². The summed E-state index contributed by atoms with van der Waals surface area (Å²) in [6, 6.07) is 25.6. The average molecular weight is 605 g/mol. The lowest BCUT2D eigenvalue weighted by Crippen LogP contribution is -2.42. The number of rotatable bonds is 10. The van der Waals surface area contributed by atoms with Crippen LogP contribution in [0.5, 0.6) is 0 Å². The Morgan fingerprint density at radius 2 is 1.58 bits per heavy atom. The van der Waals surface area contributed by atoms with Crippen molar-refractivity contribution in [3.05, 3.63) is 117 Å². The molecule has 0 bridgehead atoms. The number of carbonyl (C=O) groups is 1. The molecule has 3 aromatic heterocycles. The van der Waals surface area contributed by atoms with E-state index in [2.05, 4.69) is 20.6 Å². The van der Waals surface area contributed by atoms with Gasteiger partial charge >= 0.3 is 11.7 Å². The van der Waals surface area contributed by atoms with Crippen molar-refractivity contribution < 1.29 is 9.53 Å². The average Bonchev–Trinajstić information content (AvgIpc) is 3.73. The molecule has 3 aromatic carbocycles. The van der Waals surface area contributed by atoms with Gasteiger partial charge in [-0.05, 0) is 33.9 Å². The second-order valence-corrected chi connectivity index (χ2v) is 11.0. The van der Waals surface area contributed by atoms with Crippen LogP contribution < -0.4 is 11.2 Å². The van der Waals surface area contributed by atoms with Gasteiger partial charge in [0.25, 0.3) is 5.56 Å². The summed E-state index contributed by atoms with van der Waals surface area (Å²) < 4.78 is 9.11. The minimum absolute atomic E-state index is 0.0513. The lowest BCUT2D eigenvalue weighted by Gasteiger charge is -2.14. The zero-order valence-electron chi connectivity index (χ0n) is 25.2. The van der Waals surface area contributed by atoms with E-state index in [0.29, 0.717) is 30.3 Å². The van der Waals surface area contributed by atoms with Crippen molar-refractivity contribution in [3.8, 4) is 22.5 Å². The number of aryl methyl sites for hydroxylation is 2. The number of aromatic amines is 1. The minimum atomic E-state index is -0.685. The number of carbonyl (C=O) groups excluding carboxylic acids is 1. The molecular weight excluding hydrogens is 572 g/mol. The Bertz CT molecular complexity index is 2080. The fraction of sp³-hybridized carbons (Fsp3) is 0.242. The Morgan fingerprint density at radius 3 is 2.24 bits per heavy atom. The Kier molecular flexibility index (Phi) is 8.19. The highest BCUT2D eigenvalue weighted by Crippen LogP contribution is 2.30. The summed E-state index contributed by atoms with van der Waals surface area (Å²) in [6.45, 7) is 4.11. The van der Waals surface area contributed by atoms with Gasteiger partial charge in [-0.15, -0.1) is 10.2 Å². The Balaban J connectivity index is 1.44. The molecule has 0 aliphatic heterocycles. The molecule has 0 amide bonds.